The third-order valence-electron chi connectivity index (χ3n) is 6.36. The maximum atomic E-state index is 13.6. The molecule has 0 saturated heterocycles. The Morgan fingerprint density at radius 2 is 1.94 bits per heavy atom. The van der Waals surface area contributed by atoms with Gasteiger partial charge in [-0.15, -0.1) is 0 Å². The minimum Gasteiger partial charge on any atom is -0.481 e. The molecule has 11 nitrogen and oxygen atoms in total. The van der Waals surface area contributed by atoms with Crippen LogP contribution in [0, 0.1) is 0 Å². The molecule has 0 radical (unpaired) electrons. The van der Waals surface area contributed by atoms with E-state index in [9.17, 15) is 9.59 Å². The Morgan fingerprint density at radius 1 is 1.11 bits per heavy atom. The summed E-state index contributed by atoms with van der Waals surface area (Å²) in [5.41, 5.74) is 10.0. The number of fused-ring (bicyclic) bond motifs is 3. The molecular weight excluding hydrogens is 460 g/mol. The van der Waals surface area contributed by atoms with Gasteiger partial charge in [-0.2, -0.15) is 9.97 Å². The van der Waals surface area contributed by atoms with Gasteiger partial charge in [0.2, 0.25) is 5.95 Å². The number of imidazole rings is 1. The van der Waals surface area contributed by atoms with Gasteiger partial charge in [-0.25, -0.2) is 4.79 Å². The number of aromatic nitrogens is 5. The van der Waals surface area contributed by atoms with Crippen LogP contribution in [0.5, 0.6) is 5.75 Å². The zero-order valence-electron chi connectivity index (χ0n) is 19.9. The molecule has 4 heterocycles. The number of nitrogen functional groups attached to an aromatic ring is 1. The van der Waals surface area contributed by atoms with E-state index < -0.39 is 0 Å². The van der Waals surface area contributed by atoms with E-state index in [0.29, 0.717) is 34.0 Å². The van der Waals surface area contributed by atoms with Gasteiger partial charge in [0.25, 0.3) is 5.91 Å². The van der Waals surface area contributed by atoms with E-state index in [4.69, 9.17) is 10.5 Å². The number of carbonyl (C=O) groups excluding carboxylic acids is 1. The quantitative estimate of drug-likeness (QED) is 0.356. The first-order valence-corrected chi connectivity index (χ1v) is 11.5. The van der Waals surface area contributed by atoms with Crippen LogP contribution in [0.1, 0.15) is 19.9 Å². The van der Waals surface area contributed by atoms with Gasteiger partial charge < -0.3 is 25.7 Å². The molecule has 1 aliphatic heterocycles. The number of amides is 1. The summed E-state index contributed by atoms with van der Waals surface area (Å²) in [7, 11) is 1.71. The molecule has 182 valence electrons. The van der Waals surface area contributed by atoms with Gasteiger partial charge in [0.05, 0.1) is 11.4 Å². The van der Waals surface area contributed by atoms with Crippen LogP contribution in [0.15, 0.2) is 53.5 Å². The molecular formula is C25H24N8O3. The number of hydrogen-bond donors (Lipinski definition) is 3. The summed E-state index contributed by atoms with van der Waals surface area (Å²) in [6.07, 6.45) is 1.85. The third-order valence-corrected chi connectivity index (χ3v) is 6.36. The van der Waals surface area contributed by atoms with E-state index in [0.717, 1.165) is 10.9 Å². The highest BCUT2D eigenvalue weighted by molar-refractivity contribution is 5.97. The van der Waals surface area contributed by atoms with E-state index in [1.807, 2.05) is 44.3 Å². The fourth-order valence-electron chi connectivity index (χ4n) is 4.56. The molecule has 1 amide bonds. The zero-order valence-corrected chi connectivity index (χ0v) is 19.9. The second-order valence-corrected chi connectivity index (χ2v) is 8.98. The van der Waals surface area contributed by atoms with Crippen LogP contribution in [0.2, 0.25) is 0 Å². The van der Waals surface area contributed by atoms with Crippen molar-refractivity contribution in [3.05, 3.63) is 59.1 Å². The van der Waals surface area contributed by atoms with Crippen LogP contribution < -0.4 is 26.4 Å². The molecule has 3 aromatic heterocycles. The van der Waals surface area contributed by atoms with Gasteiger partial charge >= 0.3 is 5.69 Å². The number of ether oxygens (including phenoxy) is 1. The topological polar surface area (TPSA) is 136 Å². The summed E-state index contributed by atoms with van der Waals surface area (Å²) in [5.74, 6) is 0.874. The van der Waals surface area contributed by atoms with Crippen molar-refractivity contribution in [2.75, 3.05) is 29.6 Å². The molecule has 5 aromatic rings. The number of likely N-dealkylation sites (N-methyl/N-ethyl adjacent to an activating group) is 1. The van der Waals surface area contributed by atoms with Gasteiger partial charge in [0, 0.05) is 41.9 Å². The lowest BCUT2D eigenvalue weighted by Crippen LogP contribution is -2.35. The Kier molecular flexibility index (Phi) is 4.75. The number of benzene rings is 2. The Labute approximate surface area is 205 Å². The Hall–Kier alpha value is -4.80. The molecule has 1 aliphatic rings. The van der Waals surface area contributed by atoms with Gasteiger partial charge in [-0.05, 0) is 50.2 Å². The maximum Gasteiger partial charge on any atom is 0.335 e. The van der Waals surface area contributed by atoms with Crippen molar-refractivity contribution in [2.24, 2.45) is 0 Å². The van der Waals surface area contributed by atoms with Crippen molar-refractivity contribution in [1.82, 2.24) is 24.1 Å². The van der Waals surface area contributed by atoms with E-state index >= 15 is 0 Å². The van der Waals surface area contributed by atoms with Gasteiger partial charge in [0.1, 0.15) is 11.3 Å². The summed E-state index contributed by atoms with van der Waals surface area (Å²) in [6, 6.07) is 12.9. The van der Waals surface area contributed by atoms with Gasteiger partial charge in [-0.3, -0.25) is 13.9 Å². The third kappa shape index (κ3) is 3.28. The van der Waals surface area contributed by atoms with E-state index in [1.54, 1.807) is 39.3 Å². The minimum absolute atomic E-state index is 0.0227. The lowest BCUT2D eigenvalue weighted by molar-refractivity contribution is -0.120. The summed E-state index contributed by atoms with van der Waals surface area (Å²) in [4.78, 5) is 39.3. The highest BCUT2D eigenvalue weighted by Crippen LogP contribution is 2.34. The predicted molar refractivity (Wildman–Crippen MR) is 138 cm³/mol. The van der Waals surface area contributed by atoms with Crippen molar-refractivity contribution in [3.63, 3.8) is 0 Å². The first kappa shape index (κ1) is 21.7. The number of carbonyl (C=O) groups is 1. The summed E-state index contributed by atoms with van der Waals surface area (Å²) >= 11 is 0. The highest BCUT2D eigenvalue weighted by Gasteiger charge is 2.24. The second kappa shape index (κ2) is 7.87. The van der Waals surface area contributed by atoms with E-state index in [-0.39, 0.29) is 36.0 Å². The van der Waals surface area contributed by atoms with Crippen molar-refractivity contribution >= 4 is 51.1 Å². The average molecular weight is 485 g/mol. The molecule has 0 fully saturated rings. The first-order chi connectivity index (χ1) is 17.3. The number of nitrogens with two attached hydrogens (primary N) is 1. The Balaban J connectivity index is 1.47. The molecule has 0 unspecified atom stereocenters. The zero-order chi connectivity index (χ0) is 25.1. The summed E-state index contributed by atoms with van der Waals surface area (Å²) < 4.78 is 8.74. The predicted octanol–water partition coefficient (Wildman–Crippen LogP) is 3.33. The van der Waals surface area contributed by atoms with Crippen LogP contribution in [-0.2, 0) is 4.79 Å². The number of aromatic amines is 1. The molecule has 0 atom stereocenters. The highest BCUT2D eigenvalue weighted by atomic mass is 16.5. The van der Waals surface area contributed by atoms with Gasteiger partial charge in [-0.1, -0.05) is 0 Å². The fourth-order valence-corrected chi connectivity index (χ4v) is 4.56. The van der Waals surface area contributed by atoms with Crippen LogP contribution in [0.25, 0.3) is 27.8 Å². The number of anilines is 4. The molecule has 6 rings (SSSR count). The second-order valence-electron chi connectivity index (χ2n) is 8.98. The van der Waals surface area contributed by atoms with Crippen molar-refractivity contribution < 1.29 is 9.53 Å². The van der Waals surface area contributed by atoms with E-state index in [2.05, 4.69) is 20.3 Å². The van der Waals surface area contributed by atoms with Crippen LogP contribution in [0.4, 0.5) is 23.1 Å². The smallest absolute Gasteiger partial charge is 0.335 e. The molecule has 0 saturated carbocycles. The maximum absolute atomic E-state index is 13.6. The van der Waals surface area contributed by atoms with Crippen molar-refractivity contribution in [3.8, 4) is 11.4 Å². The summed E-state index contributed by atoms with van der Waals surface area (Å²) in [5, 5.41) is 4.13. The van der Waals surface area contributed by atoms with E-state index in [1.165, 1.54) is 0 Å². The van der Waals surface area contributed by atoms with Crippen molar-refractivity contribution in [2.45, 2.75) is 19.9 Å². The number of H-pyrrole nitrogens is 1. The largest absolute Gasteiger partial charge is 0.481 e. The van der Waals surface area contributed by atoms with Gasteiger partial charge in [0.15, 0.2) is 18.1 Å². The number of nitrogens with one attached hydrogen (secondary N) is 2. The molecule has 36 heavy (non-hydrogen) atoms. The minimum atomic E-state index is -0.247. The fraction of sp³-hybridized carbons (Fsp3) is 0.200. The number of hydrogen-bond acceptors (Lipinski definition) is 7. The van der Waals surface area contributed by atoms with Crippen LogP contribution in [-0.4, -0.2) is 43.6 Å². The SMILES string of the molecule is CC(C)n1c(=O)n(-c2ccc3[nH]ccc3c2)c2c(N)nc(Nc3ccc4c(c3)OCC(=O)N4C)nc21. The van der Waals surface area contributed by atoms with Crippen LogP contribution >= 0.6 is 0 Å². The van der Waals surface area contributed by atoms with Crippen LogP contribution in [0.3, 0.4) is 0 Å². The molecule has 0 spiro atoms. The van der Waals surface area contributed by atoms with Crippen molar-refractivity contribution in [1.29, 1.82) is 0 Å². The molecule has 2 aromatic carbocycles. The molecule has 11 heteroatoms. The molecule has 0 bridgehead atoms. The lowest BCUT2D eigenvalue weighted by atomic mass is 10.2. The Bertz CT molecular complexity index is 1730. The normalized spacial score (nSPS) is 13.4. The lowest BCUT2D eigenvalue weighted by Gasteiger charge is -2.26. The summed E-state index contributed by atoms with van der Waals surface area (Å²) in [6.45, 7) is 3.82. The monoisotopic (exact) mass is 484 g/mol. The molecule has 0 aliphatic carbocycles. The standard InChI is InChI=1S/C25H24N8O3/c1-13(2)32-23-21(33(25(32)35)16-5-6-17-14(10-16)8-9-27-17)22(26)29-24(30-23)28-15-4-7-18-19(11-15)36-12-20(34)31(18)3/h4-11,13,27H,12H2,1-3H3,(H3,26,28,29,30). The number of nitrogens with zero attached hydrogens (tertiary/aromatic N) is 5. The molecule has 4 N–H and O–H groups in total. The number of rotatable bonds is 4. The average Bonchev–Trinajstić information content (AvgIpc) is 3.43. The Morgan fingerprint density at radius 3 is 2.75 bits per heavy atom. The first-order valence-electron chi connectivity index (χ1n) is 11.5.